The standard InChI is InChI=1S/C20H17F4N5O3/c1-3-32-19(31)28(2)14-10-6-13(7-11-14)25-18(30)16-17(20(22,23)24)29(27-26-16)15-8-4-12(21)5-9-15/h4-11H,3H2,1-2H3,(H,25,30). The highest BCUT2D eigenvalue weighted by Crippen LogP contribution is 2.33. The van der Waals surface area contributed by atoms with Crippen LogP contribution in [0.1, 0.15) is 23.1 Å². The lowest BCUT2D eigenvalue weighted by Crippen LogP contribution is -2.27. The number of halogens is 4. The summed E-state index contributed by atoms with van der Waals surface area (Å²) < 4.78 is 59.5. The fraction of sp³-hybridized carbons (Fsp3) is 0.200. The monoisotopic (exact) mass is 451 g/mol. The Bertz CT molecular complexity index is 1110. The summed E-state index contributed by atoms with van der Waals surface area (Å²) in [7, 11) is 1.48. The number of hydrogen-bond donors (Lipinski definition) is 1. The molecular formula is C20H17F4N5O3. The number of alkyl halides is 3. The molecular weight excluding hydrogens is 434 g/mol. The van der Waals surface area contributed by atoms with Crippen LogP contribution in [-0.2, 0) is 10.9 Å². The summed E-state index contributed by atoms with van der Waals surface area (Å²) in [6.07, 6.45) is -5.55. The fourth-order valence-corrected chi connectivity index (χ4v) is 2.74. The second-order valence-corrected chi connectivity index (χ2v) is 6.43. The number of amides is 2. The van der Waals surface area contributed by atoms with Crippen molar-refractivity contribution in [2.45, 2.75) is 13.1 Å². The maximum Gasteiger partial charge on any atom is 0.435 e. The van der Waals surface area contributed by atoms with Crippen LogP contribution in [0.2, 0.25) is 0 Å². The molecule has 0 atom stereocenters. The van der Waals surface area contributed by atoms with Gasteiger partial charge in [-0.25, -0.2) is 13.9 Å². The van der Waals surface area contributed by atoms with E-state index in [9.17, 15) is 27.2 Å². The molecule has 32 heavy (non-hydrogen) atoms. The van der Waals surface area contributed by atoms with E-state index in [1.807, 2.05) is 0 Å². The molecule has 8 nitrogen and oxygen atoms in total. The lowest BCUT2D eigenvalue weighted by Gasteiger charge is -2.17. The number of anilines is 2. The van der Waals surface area contributed by atoms with Crippen molar-refractivity contribution in [3.63, 3.8) is 0 Å². The van der Waals surface area contributed by atoms with Gasteiger partial charge in [0.05, 0.1) is 12.3 Å². The van der Waals surface area contributed by atoms with E-state index >= 15 is 0 Å². The van der Waals surface area contributed by atoms with Crippen LogP contribution in [0.5, 0.6) is 0 Å². The molecule has 0 aliphatic rings. The number of ether oxygens (including phenoxy) is 1. The summed E-state index contributed by atoms with van der Waals surface area (Å²) in [4.78, 5) is 25.5. The lowest BCUT2D eigenvalue weighted by molar-refractivity contribution is -0.143. The third-order valence-corrected chi connectivity index (χ3v) is 4.28. The van der Waals surface area contributed by atoms with Gasteiger partial charge in [-0.1, -0.05) is 5.21 Å². The molecule has 168 valence electrons. The van der Waals surface area contributed by atoms with E-state index in [0.29, 0.717) is 10.4 Å². The summed E-state index contributed by atoms with van der Waals surface area (Å²) in [6, 6.07) is 9.86. The highest BCUT2D eigenvalue weighted by atomic mass is 19.4. The summed E-state index contributed by atoms with van der Waals surface area (Å²) in [5, 5.41) is 9.13. The Labute approximate surface area is 179 Å². The van der Waals surface area contributed by atoms with Crippen LogP contribution in [0.4, 0.5) is 33.7 Å². The molecule has 0 fully saturated rings. The first-order valence-electron chi connectivity index (χ1n) is 9.22. The molecule has 2 amide bonds. The third kappa shape index (κ3) is 4.85. The van der Waals surface area contributed by atoms with Crippen molar-refractivity contribution in [1.29, 1.82) is 0 Å². The molecule has 0 saturated carbocycles. The van der Waals surface area contributed by atoms with E-state index < -0.39 is 35.4 Å². The van der Waals surface area contributed by atoms with E-state index in [-0.39, 0.29) is 18.0 Å². The van der Waals surface area contributed by atoms with Gasteiger partial charge in [0.1, 0.15) is 5.82 Å². The molecule has 0 radical (unpaired) electrons. The Kier molecular flexibility index (Phi) is 6.42. The average molecular weight is 451 g/mol. The molecule has 3 rings (SSSR count). The van der Waals surface area contributed by atoms with Crippen molar-refractivity contribution in [3.05, 3.63) is 65.7 Å². The molecule has 1 heterocycles. The predicted octanol–water partition coefficient (Wildman–Crippen LogP) is 4.27. The quantitative estimate of drug-likeness (QED) is 0.586. The third-order valence-electron chi connectivity index (χ3n) is 4.28. The molecule has 0 aliphatic heterocycles. The molecule has 1 N–H and O–H groups in total. The van der Waals surface area contributed by atoms with E-state index in [1.54, 1.807) is 6.92 Å². The molecule has 0 spiro atoms. The maximum absolute atomic E-state index is 13.7. The van der Waals surface area contributed by atoms with Crippen LogP contribution in [0.3, 0.4) is 0 Å². The highest BCUT2D eigenvalue weighted by molar-refractivity contribution is 6.04. The molecule has 1 aromatic heterocycles. The van der Waals surface area contributed by atoms with Crippen LogP contribution >= 0.6 is 0 Å². The largest absolute Gasteiger partial charge is 0.449 e. The SMILES string of the molecule is CCOC(=O)N(C)c1ccc(NC(=O)c2nnn(-c3ccc(F)cc3)c2C(F)(F)F)cc1. The minimum Gasteiger partial charge on any atom is -0.449 e. The van der Waals surface area contributed by atoms with E-state index in [2.05, 4.69) is 15.6 Å². The minimum absolute atomic E-state index is 0.114. The molecule has 12 heteroatoms. The predicted molar refractivity (Wildman–Crippen MR) is 106 cm³/mol. The van der Waals surface area contributed by atoms with Gasteiger partial charge in [-0.05, 0) is 55.5 Å². The highest BCUT2D eigenvalue weighted by Gasteiger charge is 2.42. The van der Waals surface area contributed by atoms with Gasteiger partial charge in [-0.15, -0.1) is 5.10 Å². The van der Waals surface area contributed by atoms with Gasteiger partial charge in [-0.3, -0.25) is 9.69 Å². The molecule has 0 saturated heterocycles. The number of benzene rings is 2. The number of nitrogens with zero attached hydrogens (tertiary/aromatic N) is 4. The van der Waals surface area contributed by atoms with Crippen molar-refractivity contribution in [3.8, 4) is 5.69 Å². The Hall–Kier alpha value is -3.96. The van der Waals surface area contributed by atoms with Gasteiger partial charge in [0.25, 0.3) is 5.91 Å². The number of rotatable bonds is 5. The fourth-order valence-electron chi connectivity index (χ4n) is 2.74. The number of aromatic nitrogens is 3. The zero-order chi connectivity index (χ0) is 23.5. The second-order valence-electron chi connectivity index (χ2n) is 6.43. The van der Waals surface area contributed by atoms with Crippen molar-refractivity contribution in [1.82, 2.24) is 15.0 Å². The smallest absolute Gasteiger partial charge is 0.435 e. The van der Waals surface area contributed by atoms with E-state index in [0.717, 1.165) is 24.3 Å². The molecule has 0 bridgehead atoms. The second kappa shape index (κ2) is 9.04. The van der Waals surface area contributed by atoms with Gasteiger partial charge in [0.15, 0.2) is 11.4 Å². The summed E-state index contributed by atoms with van der Waals surface area (Å²) in [5.41, 5.74) is -1.86. The number of nitrogens with one attached hydrogen (secondary N) is 1. The average Bonchev–Trinajstić information content (AvgIpc) is 3.20. The summed E-state index contributed by atoms with van der Waals surface area (Å²) >= 11 is 0. The van der Waals surface area contributed by atoms with Crippen LogP contribution < -0.4 is 10.2 Å². The Morgan fingerprint density at radius 2 is 1.72 bits per heavy atom. The van der Waals surface area contributed by atoms with Gasteiger partial charge in [0.2, 0.25) is 0 Å². The molecule has 3 aromatic rings. The van der Waals surface area contributed by atoms with Crippen molar-refractivity contribution in [2.75, 3.05) is 23.9 Å². The van der Waals surface area contributed by atoms with Crippen molar-refractivity contribution >= 4 is 23.4 Å². The number of carbonyl (C=O) groups excluding carboxylic acids is 2. The molecule has 0 unspecified atom stereocenters. The molecule has 2 aromatic carbocycles. The summed E-state index contributed by atoms with van der Waals surface area (Å²) in [6.45, 7) is 1.85. The minimum atomic E-state index is -4.96. The van der Waals surface area contributed by atoms with Crippen LogP contribution in [0.25, 0.3) is 5.69 Å². The van der Waals surface area contributed by atoms with E-state index in [4.69, 9.17) is 4.74 Å². The van der Waals surface area contributed by atoms with Crippen molar-refractivity contribution in [2.24, 2.45) is 0 Å². The van der Waals surface area contributed by atoms with Gasteiger partial charge >= 0.3 is 12.3 Å². The Balaban J connectivity index is 1.85. The van der Waals surface area contributed by atoms with Crippen molar-refractivity contribution < 1.29 is 31.9 Å². The van der Waals surface area contributed by atoms with Crippen LogP contribution in [0.15, 0.2) is 48.5 Å². The van der Waals surface area contributed by atoms with Crippen LogP contribution in [-0.4, -0.2) is 40.6 Å². The molecule has 0 aliphatic carbocycles. The van der Waals surface area contributed by atoms with Gasteiger partial charge < -0.3 is 10.1 Å². The first kappa shape index (κ1) is 22.7. The number of carbonyl (C=O) groups is 2. The summed E-state index contributed by atoms with van der Waals surface area (Å²) in [5.74, 6) is -1.78. The maximum atomic E-state index is 13.7. The van der Waals surface area contributed by atoms with Gasteiger partial charge in [-0.2, -0.15) is 13.2 Å². The Morgan fingerprint density at radius 1 is 1.09 bits per heavy atom. The number of hydrogen-bond acceptors (Lipinski definition) is 5. The lowest BCUT2D eigenvalue weighted by atomic mass is 10.2. The normalized spacial score (nSPS) is 11.2. The zero-order valence-electron chi connectivity index (χ0n) is 16.9. The Morgan fingerprint density at radius 3 is 2.28 bits per heavy atom. The van der Waals surface area contributed by atoms with E-state index in [1.165, 1.54) is 36.2 Å². The first-order valence-corrected chi connectivity index (χ1v) is 9.22. The van der Waals surface area contributed by atoms with Gasteiger partial charge in [0, 0.05) is 18.4 Å². The topological polar surface area (TPSA) is 89.3 Å². The first-order chi connectivity index (χ1) is 15.1. The van der Waals surface area contributed by atoms with Crippen LogP contribution in [0, 0.1) is 5.82 Å². The zero-order valence-corrected chi connectivity index (χ0v) is 16.9.